The van der Waals surface area contributed by atoms with Crippen molar-refractivity contribution in [3.05, 3.63) is 30.0 Å². The third-order valence-electron chi connectivity index (χ3n) is 5.00. The van der Waals surface area contributed by atoms with E-state index in [1.165, 1.54) is 4.90 Å². The molecule has 25 heavy (non-hydrogen) atoms. The molecule has 4 rings (SSSR count). The Balaban J connectivity index is 1.66. The molecule has 2 aliphatic heterocycles. The van der Waals surface area contributed by atoms with Crippen LogP contribution in [0.3, 0.4) is 0 Å². The van der Waals surface area contributed by atoms with Crippen LogP contribution in [0.25, 0.3) is 11.0 Å². The van der Waals surface area contributed by atoms with Gasteiger partial charge in [0.05, 0.1) is 23.3 Å². The van der Waals surface area contributed by atoms with E-state index in [9.17, 15) is 9.59 Å². The number of benzene rings is 1. The highest BCUT2D eigenvalue weighted by atomic mass is 16.2. The number of aryl methyl sites for hydroxylation is 1. The molecule has 3 heterocycles. The lowest BCUT2D eigenvalue weighted by molar-refractivity contribution is -0.131. The molecule has 0 bridgehead atoms. The smallest absolute Gasteiger partial charge is 0.325 e. The molecule has 2 aromatic rings. The quantitative estimate of drug-likeness (QED) is 0.845. The summed E-state index contributed by atoms with van der Waals surface area (Å²) in [5.41, 5.74) is 1.66. The van der Waals surface area contributed by atoms with Gasteiger partial charge >= 0.3 is 6.03 Å². The van der Waals surface area contributed by atoms with Gasteiger partial charge in [-0.1, -0.05) is 12.1 Å². The molecule has 2 saturated heterocycles. The number of aromatic nitrogens is 2. The molecule has 7 nitrogen and oxygen atoms in total. The monoisotopic (exact) mass is 339 g/mol. The normalized spacial score (nSPS) is 23.4. The lowest BCUT2D eigenvalue weighted by Crippen LogP contribution is -2.49. The zero-order valence-electron chi connectivity index (χ0n) is 14.6. The van der Waals surface area contributed by atoms with Gasteiger partial charge in [0.25, 0.3) is 5.91 Å². The molecule has 2 fully saturated rings. The number of nitrogens with one attached hydrogen (secondary N) is 1. The van der Waals surface area contributed by atoms with E-state index in [1.54, 1.807) is 0 Å². The van der Waals surface area contributed by atoms with Crippen molar-refractivity contribution in [3.8, 4) is 0 Å². The molecule has 130 valence electrons. The number of para-hydroxylation sites is 2. The van der Waals surface area contributed by atoms with Gasteiger partial charge in [0, 0.05) is 12.6 Å². The number of amides is 3. The van der Waals surface area contributed by atoms with Crippen LogP contribution in [0.4, 0.5) is 10.6 Å². The number of rotatable bonds is 2. The lowest BCUT2D eigenvalue weighted by atomic mass is 9.98. The van der Waals surface area contributed by atoms with E-state index >= 15 is 0 Å². The van der Waals surface area contributed by atoms with E-state index < -0.39 is 5.54 Å². The SMILES string of the molecule is Cc1nc2ccccc2nc1N1CCC2(C1)NC(=O)N(C(C)C)C2=O. The van der Waals surface area contributed by atoms with Crippen molar-refractivity contribution < 1.29 is 9.59 Å². The summed E-state index contributed by atoms with van der Waals surface area (Å²) < 4.78 is 0. The molecule has 7 heteroatoms. The standard InChI is InChI=1S/C18H21N5O2/c1-11(2)23-16(24)18(21-17(23)25)8-9-22(10-18)15-12(3)19-13-6-4-5-7-14(13)20-15/h4-7,11H,8-10H2,1-3H3,(H,21,25). The number of hydrogen-bond acceptors (Lipinski definition) is 5. The van der Waals surface area contributed by atoms with Gasteiger partial charge in [-0.3, -0.25) is 9.69 Å². The first-order valence-electron chi connectivity index (χ1n) is 8.55. The first-order valence-corrected chi connectivity index (χ1v) is 8.55. The van der Waals surface area contributed by atoms with Crippen LogP contribution >= 0.6 is 0 Å². The molecule has 2 aliphatic rings. The molecular weight excluding hydrogens is 318 g/mol. The average Bonchev–Trinajstić information content (AvgIpc) is 3.08. The molecule has 1 atom stereocenters. The highest BCUT2D eigenvalue weighted by molar-refractivity contribution is 6.08. The van der Waals surface area contributed by atoms with E-state index in [1.807, 2.05) is 45.0 Å². The van der Waals surface area contributed by atoms with Gasteiger partial charge in [0.1, 0.15) is 5.54 Å². The topological polar surface area (TPSA) is 78.4 Å². The van der Waals surface area contributed by atoms with Gasteiger partial charge in [-0.25, -0.2) is 14.8 Å². The van der Waals surface area contributed by atoms with Crippen LogP contribution in [0.15, 0.2) is 24.3 Å². The minimum atomic E-state index is -0.846. The molecular formula is C18H21N5O2. The van der Waals surface area contributed by atoms with E-state index in [0.717, 1.165) is 22.5 Å². The first-order chi connectivity index (χ1) is 11.9. The minimum Gasteiger partial charge on any atom is -0.352 e. The largest absolute Gasteiger partial charge is 0.352 e. The van der Waals surface area contributed by atoms with Gasteiger partial charge < -0.3 is 10.2 Å². The summed E-state index contributed by atoms with van der Waals surface area (Å²) in [6, 6.07) is 7.29. The summed E-state index contributed by atoms with van der Waals surface area (Å²) in [7, 11) is 0. The van der Waals surface area contributed by atoms with E-state index in [0.29, 0.717) is 19.5 Å². The van der Waals surface area contributed by atoms with Crippen LogP contribution in [-0.4, -0.2) is 51.5 Å². The molecule has 1 unspecified atom stereocenters. The minimum absolute atomic E-state index is 0.138. The van der Waals surface area contributed by atoms with Gasteiger partial charge in [-0.2, -0.15) is 0 Å². The van der Waals surface area contributed by atoms with Gasteiger partial charge in [-0.05, 0) is 39.3 Å². The Bertz CT molecular complexity index is 881. The molecule has 1 aromatic heterocycles. The third-order valence-corrected chi connectivity index (χ3v) is 5.00. The van der Waals surface area contributed by atoms with Crippen molar-refractivity contribution in [2.24, 2.45) is 0 Å². The van der Waals surface area contributed by atoms with Crippen molar-refractivity contribution in [2.45, 2.75) is 38.8 Å². The fraction of sp³-hybridized carbons (Fsp3) is 0.444. The number of carbonyl (C=O) groups excluding carboxylic acids is 2. The van der Waals surface area contributed by atoms with E-state index in [4.69, 9.17) is 4.98 Å². The summed E-state index contributed by atoms with van der Waals surface area (Å²) in [5.74, 6) is 0.641. The Morgan fingerprint density at radius 2 is 1.84 bits per heavy atom. The van der Waals surface area contributed by atoms with Crippen LogP contribution < -0.4 is 10.2 Å². The number of imide groups is 1. The number of nitrogens with zero attached hydrogens (tertiary/aromatic N) is 4. The second-order valence-corrected chi connectivity index (χ2v) is 7.07. The van der Waals surface area contributed by atoms with Crippen molar-refractivity contribution in [1.82, 2.24) is 20.2 Å². The number of fused-ring (bicyclic) bond motifs is 1. The molecule has 0 aliphatic carbocycles. The Kier molecular flexibility index (Phi) is 3.42. The second kappa shape index (κ2) is 5.40. The van der Waals surface area contributed by atoms with Gasteiger partial charge in [-0.15, -0.1) is 0 Å². The molecule has 1 N–H and O–H groups in total. The predicted octanol–water partition coefficient (Wildman–Crippen LogP) is 1.85. The van der Waals surface area contributed by atoms with Crippen LogP contribution in [0.5, 0.6) is 0 Å². The zero-order chi connectivity index (χ0) is 17.8. The summed E-state index contributed by atoms with van der Waals surface area (Å²) >= 11 is 0. The van der Waals surface area contributed by atoms with Gasteiger partial charge in [0.15, 0.2) is 5.82 Å². The van der Waals surface area contributed by atoms with Crippen molar-refractivity contribution >= 4 is 28.8 Å². The average molecular weight is 339 g/mol. The molecule has 0 radical (unpaired) electrons. The Morgan fingerprint density at radius 1 is 1.16 bits per heavy atom. The number of anilines is 1. The maximum absolute atomic E-state index is 12.8. The van der Waals surface area contributed by atoms with Crippen molar-refractivity contribution in [2.75, 3.05) is 18.0 Å². The Labute approximate surface area is 146 Å². The van der Waals surface area contributed by atoms with Crippen molar-refractivity contribution in [3.63, 3.8) is 0 Å². The lowest BCUT2D eigenvalue weighted by Gasteiger charge is -2.24. The first kappa shape index (κ1) is 15.8. The Morgan fingerprint density at radius 3 is 2.48 bits per heavy atom. The number of carbonyl (C=O) groups is 2. The maximum atomic E-state index is 12.8. The third kappa shape index (κ3) is 2.33. The zero-order valence-corrected chi connectivity index (χ0v) is 14.6. The summed E-state index contributed by atoms with van der Waals surface area (Å²) in [4.78, 5) is 37.8. The van der Waals surface area contributed by atoms with Crippen LogP contribution in [0, 0.1) is 6.92 Å². The summed E-state index contributed by atoms with van der Waals surface area (Å²) in [6.07, 6.45) is 0.578. The fourth-order valence-corrected chi connectivity index (χ4v) is 3.76. The number of urea groups is 1. The van der Waals surface area contributed by atoms with E-state index in [-0.39, 0.29) is 18.0 Å². The van der Waals surface area contributed by atoms with Crippen molar-refractivity contribution in [1.29, 1.82) is 0 Å². The maximum Gasteiger partial charge on any atom is 0.325 e. The second-order valence-electron chi connectivity index (χ2n) is 7.07. The summed E-state index contributed by atoms with van der Waals surface area (Å²) in [6.45, 7) is 6.71. The molecule has 0 saturated carbocycles. The fourth-order valence-electron chi connectivity index (χ4n) is 3.76. The predicted molar refractivity (Wildman–Crippen MR) is 94.3 cm³/mol. The molecule has 1 spiro atoms. The molecule has 1 aromatic carbocycles. The van der Waals surface area contributed by atoms with Crippen LogP contribution in [-0.2, 0) is 4.79 Å². The van der Waals surface area contributed by atoms with Gasteiger partial charge in [0.2, 0.25) is 0 Å². The number of hydrogen-bond donors (Lipinski definition) is 1. The highest BCUT2D eigenvalue weighted by Crippen LogP contribution is 2.33. The van der Waals surface area contributed by atoms with Crippen LogP contribution in [0.1, 0.15) is 26.0 Å². The summed E-state index contributed by atoms with van der Waals surface area (Å²) in [5, 5.41) is 2.91. The highest BCUT2D eigenvalue weighted by Gasteiger charge is 2.55. The Hall–Kier alpha value is -2.70. The van der Waals surface area contributed by atoms with Crippen LogP contribution in [0.2, 0.25) is 0 Å². The van der Waals surface area contributed by atoms with E-state index in [2.05, 4.69) is 15.2 Å². The molecule has 3 amide bonds.